The molecule has 4 fully saturated rings. The summed E-state index contributed by atoms with van der Waals surface area (Å²) in [4.78, 5) is 18.3. The first kappa shape index (κ1) is 36.1. The lowest BCUT2D eigenvalue weighted by molar-refractivity contribution is 0.107. The maximum atomic E-state index is 17.6. The zero-order chi connectivity index (χ0) is 42.9. The molecule has 2 N–H and O–H groups in total. The molecule has 2 aromatic heterocycles. The molecule has 6 heterocycles. The number of methoxy groups -OCH3 is 1. The van der Waals surface area contributed by atoms with E-state index in [4.69, 9.17) is 18.6 Å². The Kier molecular flexibility index (Phi) is 9.52. The second kappa shape index (κ2) is 15.0. The minimum atomic E-state index is -2.58. The number of halogens is 3. The first-order valence-electron chi connectivity index (χ1n) is 21.9. The molecule has 0 spiro atoms. The number of nitrogens with zero attached hydrogens (tertiary/aromatic N) is 5. The number of rotatable bonds is 10. The third-order valence-electron chi connectivity index (χ3n) is 13.5. The lowest BCUT2D eigenvalue weighted by atomic mass is 9.95. The van der Waals surface area contributed by atoms with Crippen molar-refractivity contribution in [1.82, 2.24) is 25.2 Å². The molecular formula is C44H55F3N6O3Si. The van der Waals surface area contributed by atoms with Crippen LogP contribution in [0.25, 0.3) is 32.9 Å². The van der Waals surface area contributed by atoms with Crippen LogP contribution in [0, 0.1) is 23.1 Å². The van der Waals surface area contributed by atoms with Gasteiger partial charge < -0.3 is 24.8 Å². The van der Waals surface area contributed by atoms with Gasteiger partial charge in [-0.25, -0.2) is 13.2 Å². The molecule has 0 unspecified atom stereocenters. The number of aromatic nitrogens is 3. The molecule has 4 atom stereocenters. The molecule has 8 rings (SSSR count). The normalized spacial score (nSPS) is 26.0. The number of phenols is 1. The van der Waals surface area contributed by atoms with Gasteiger partial charge in [-0.15, -0.1) is 5.54 Å². The van der Waals surface area contributed by atoms with Crippen molar-refractivity contribution < 1.29 is 31.9 Å². The molecular weight excluding hydrogens is 746 g/mol. The van der Waals surface area contributed by atoms with Gasteiger partial charge in [0.1, 0.15) is 49.4 Å². The number of anilines is 1. The number of hydrogen-bond acceptors (Lipinski definition) is 9. The van der Waals surface area contributed by atoms with Crippen molar-refractivity contribution in [3.8, 4) is 34.5 Å². The molecule has 2 aromatic carbocycles. The van der Waals surface area contributed by atoms with E-state index in [2.05, 4.69) is 73.2 Å². The molecule has 4 aromatic rings. The summed E-state index contributed by atoms with van der Waals surface area (Å²) in [5, 5.41) is 15.7. The number of pyridine rings is 1. The molecule has 0 aliphatic carbocycles. The molecule has 57 heavy (non-hydrogen) atoms. The zero-order valence-electron chi connectivity index (χ0n) is 36.7. The maximum absolute atomic E-state index is 17.6. The Balaban J connectivity index is 1.28. The quantitative estimate of drug-likeness (QED) is 0.121. The molecule has 0 amide bonds. The summed E-state index contributed by atoms with van der Waals surface area (Å²) in [5.74, 6) is 2.07. The Bertz CT molecular complexity index is 2350. The lowest BCUT2D eigenvalue weighted by Gasteiger charge is -2.41. The molecule has 2 bridgehead atoms. The fourth-order valence-electron chi connectivity index (χ4n) is 10.9. The van der Waals surface area contributed by atoms with Crippen molar-refractivity contribution in [2.45, 2.75) is 114 Å². The van der Waals surface area contributed by atoms with E-state index in [0.29, 0.717) is 54.5 Å². The number of phenolic OH excluding ortho intramolecular Hbond substituents is 1. The van der Waals surface area contributed by atoms with E-state index in [9.17, 15) is 9.50 Å². The Morgan fingerprint density at radius 3 is 2.61 bits per heavy atom. The van der Waals surface area contributed by atoms with Crippen molar-refractivity contribution in [2.75, 3.05) is 51.3 Å². The Morgan fingerprint density at radius 2 is 1.86 bits per heavy atom. The van der Waals surface area contributed by atoms with Gasteiger partial charge >= 0.3 is 6.01 Å². The van der Waals surface area contributed by atoms with E-state index in [1.54, 1.807) is 6.07 Å². The summed E-state index contributed by atoms with van der Waals surface area (Å²) in [6, 6.07) is 5.64. The fourth-order valence-corrected chi connectivity index (χ4v) is 16.2. The average Bonchev–Trinajstić information content (AvgIpc) is 3.81. The summed E-state index contributed by atoms with van der Waals surface area (Å²) < 4.78 is 83.2. The van der Waals surface area contributed by atoms with Crippen LogP contribution in [0.1, 0.15) is 83.3 Å². The van der Waals surface area contributed by atoms with Crippen molar-refractivity contribution in [2.24, 2.45) is 0 Å². The first-order valence-corrected chi connectivity index (χ1v) is 22.6. The molecule has 4 saturated heterocycles. The minimum Gasteiger partial charge on any atom is -0.508 e. The summed E-state index contributed by atoms with van der Waals surface area (Å²) in [6.07, 6.45) is 3.93. The van der Waals surface area contributed by atoms with Crippen LogP contribution in [-0.4, -0.2) is 103 Å². The number of aromatic hydroxyl groups is 1. The lowest BCUT2D eigenvalue weighted by Crippen LogP contribution is -2.61. The molecule has 4 aliphatic heterocycles. The maximum Gasteiger partial charge on any atom is 0.319 e. The van der Waals surface area contributed by atoms with E-state index in [1.165, 1.54) is 24.4 Å². The first-order chi connectivity index (χ1) is 28.3. The Labute approximate surface area is 339 Å². The van der Waals surface area contributed by atoms with Crippen LogP contribution < -0.4 is 15.0 Å². The SMILES string of the molecule is [2H]C([2H])([2H])OC[C@@]12CC[C@@H](CN(c3nc(OC[C@@]45CCCN4C[C@H](F)C5)nc4c(F)c(-c5cc(O)cc6ccc(F)c(C#C[Si](C(C)C)(C(C)C)C(C)C)c56)ncc34)C1)N2. The number of piperazine rings is 1. The van der Waals surface area contributed by atoms with Gasteiger partial charge in [0.05, 0.1) is 32.7 Å². The van der Waals surface area contributed by atoms with E-state index < -0.39 is 44.0 Å². The molecule has 304 valence electrons. The van der Waals surface area contributed by atoms with Crippen LogP contribution in [0.4, 0.5) is 19.0 Å². The fraction of sp³-hybridized carbons (Fsp3) is 0.568. The van der Waals surface area contributed by atoms with Crippen LogP contribution in [0.15, 0.2) is 30.5 Å². The Morgan fingerprint density at radius 1 is 1.07 bits per heavy atom. The molecule has 4 aliphatic rings. The summed E-state index contributed by atoms with van der Waals surface area (Å²) in [6.45, 7) is 15.0. The highest BCUT2D eigenvalue weighted by atomic mass is 28.3. The van der Waals surface area contributed by atoms with Crippen molar-refractivity contribution in [1.29, 1.82) is 0 Å². The smallest absolute Gasteiger partial charge is 0.319 e. The summed E-state index contributed by atoms with van der Waals surface area (Å²) in [5.41, 5.74) is 3.26. The van der Waals surface area contributed by atoms with Gasteiger partial charge in [0.25, 0.3) is 0 Å². The average molecular weight is 804 g/mol. The zero-order valence-corrected chi connectivity index (χ0v) is 34.7. The highest BCUT2D eigenvalue weighted by Crippen LogP contribution is 2.44. The van der Waals surface area contributed by atoms with Gasteiger partial charge in [-0.1, -0.05) is 53.5 Å². The number of benzene rings is 2. The van der Waals surface area contributed by atoms with Crippen molar-refractivity contribution in [3.05, 3.63) is 47.7 Å². The van der Waals surface area contributed by atoms with Crippen molar-refractivity contribution >= 4 is 35.6 Å². The van der Waals surface area contributed by atoms with E-state index in [-0.39, 0.29) is 70.0 Å². The second-order valence-electron chi connectivity index (χ2n) is 17.9. The van der Waals surface area contributed by atoms with E-state index in [1.807, 2.05) is 4.90 Å². The van der Waals surface area contributed by atoms with Gasteiger partial charge in [0.2, 0.25) is 0 Å². The number of hydrogen-bond donors (Lipinski definition) is 2. The van der Waals surface area contributed by atoms with Gasteiger partial charge in [-0.2, -0.15) is 9.97 Å². The molecule has 0 radical (unpaired) electrons. The Hall–Kier alpha value is -3.96. The standard InChI is InChI=1S/C44H55F3N6O3Si/c1-26(2)57(27(3)4,28(5)6)16-12-33-36(46)10-9-29-17-32(54)18-34(37(29)33)39-38(47)40-35(20-48-39)41(52-22-31-11-14-43(23-52,51-31)24-55-7)50-42(49-40)56-25-44-13-8-15-53(44)21-30(45)19-44/h9-10,17-18,20,26-28,30-31,51,54H,8,11,13-15,19,21-25H2,1-7H3/t30-,31+,43-,44+/m1/s1/i7D3. The van der Waals surface area contributed by atoms with Crippen LogP contribution in [0.2, 0.25) is 16.6 Å². The predicted molar refractivity (Wildman–Crippen MR) is 221 cm³/mol. The topological polar surface area (TPSA) is 95.9 Å². The van der Waals surface area contributed by atoms with Crippen LogP contribution in [-0.2, 0) is 4.74 Å². The number of fused-ring (bicyclic) bond motifs is 5. The van der Waals surface area contributed by atoms with Crippen LogP contribution >= 0.6 is 0 Å². The van der Waals surface area contributed by atoms with Crippen LogP contribution in [0.3, 0.4) is 0 Å². The highest BCUT2D eigenvalue weighted by molar-refractivity contribution is 6.90. The van der Waals surface area contributed by atoms with Gasteiger partial charge in [-0.05, 0) is 72.4 Å². The second-order valence-corrected chi connectivity index (χ2v) is 23.4. The van der Waals surface area contributed by atoms with Gasteiger partial charge in [0, 0.05) is 56.3 Å². The van der Waals surface area contributed by atoms with E-state index >= 15 is 8.78 Å². The molecule has 9 nitrogen and oxygen atoms in total. The predicted octanol–water partition coefficient (Wildman–Crippen LogP) is 8.31. The largest absolute Gasteiger partial charge is 0.508 e. The molecule has 0 saturated carbocycles. The molecule has 13 heteroatoms. The number of ether oxygens (including phenoxy) is 2. The van der Waals surface area contributed by atoms with Gasteiger partial charge in [0.15, 0.2) is 5.82 Å². The number of alkyl halides is 1. The third kappa shape index (κ3) is 6.84. The highest BCUT2D eigenvalue weighted by Gasteiger charge is 2.50. The third-order valence-corrected chi connectivity index (χ3v) is 19.8. The summed E-state index contributed by atoms with van der Waals surface area (Å²) >= 11 is 0. The van der Waals surface area contributed by atoms with E-state index in [0.717, 1.165) is 25.8 Å². The number of nitrogens with one attached hydrogen (secondary N) is 1. The van der Waals surface area contributed by atoms with Gasteiger partial charge in [-0.3, -0.25) is 9.88 Å². The van der Waals surface area contributed by atoms with Crippen molar-refractivity contribution in [3.63, 3.8) is 0 Å². The monoisotopic (exact) mass is 803 g/mol. The minimum absolute atomic E-state index is 0.0201. The van der Waals surface area contributed by atoms with Crippen LogP contribution in [0.5, 0.6) is 11.8 Å². The summed E-state index contributed by atoms with van der Waals surface area (Å²) in [7, 11) is -4.91.